The van der Waals surface area contributed by atoms with Crippen LogP contribution in [0.15, 0.2) is 42.5 Å². The number of benzene rings is 2. The third-order valence-corrected chi connectivity index (χ3v) is 5.39. The van der Waals surface area contributed by atoms with Crippen molar-refractivity contribution in [3.8, 4) is 17.6 Å². The summed E-state index contributed by atoms with van der Waals surface area (Å²) in [6, 6.07) is 12.4. The van der Waals surface area contributed by atoms with Gasteiger partial charge in [-0.2, -0.15) is 0 Å². The van der Waals surface area contributed by atoms with Gasteiger partial charge in [-0.3, -0.25) is 9.59 Å². The Bertz CT molecular complexity index is 1020. The van der Waals surface area contributed by atoms with Gasteiger partial charge in [-0.25, -0.2) is 0 Å². The van der Waals surface area contributed by atoms with Gasteiger partial charge in [-0.05, 0) is 62.1 Å². The topological polar surface area (TPSA) is 75.6 Å². The van der Waals surface area contributed by atoms with Gasteiger partial charge < -0.3 is 15.2 Å². The molecule has 0 spiro atoms. The number of halogens is 1. The number of carbonyl (C=O) groups excluding carboxylic acids is 2. The standard InChI is InChI=1S/C27H32ClNO4/c1-17(2)24(30)12-10-19-6-8-20(9-7-19)14-22(27(32)29-5)16-25(31)21-11-13-26(23(28)15-21)33-18(3)4/h6-9,11,13,15,17-18,22,24,30H,14,16H2,1-5H3,(H,29,32)/t22-,24?/m1/s1. The Balaban J connectivity index is 2.11. The first kappa shape index (κ1) is 26.4. The zero-order valence-electron chi connectivity index (χ0n) is 19.8. The van der Waals surface area contributed by atoms with Gasteiger partial charge in [0.2, 0.25) is 5.91 Å². The molecular weight excluding hydrogens is 438 g/mol. The second-order valence-electron chi connectivity index (χ2n) is 8.61. The molecule has 2 atom stereocenters. The minimum absolute atomic E-state index is 0.0284. The van der Waals surface area contributed by atoms with E-state index in [2.05, 4.69) is 17.2 Å². The van der Waals surface area contributed by atoms with E-state index in [1.165, 1.54) is 0 Å². The molecule has 0 aliphatic heterocycles. The minimum atomic E-state index is -0.673. The maximum absolute atomic E-state index is 12.9. The maximum atomic E-state index is 12.9. The Morgan fingerprint density at radius 1 is 1.09 bits per heavy atom. The number of Topliss-reactive ketones (excluding diaryl/α,β-unsaturated/α-hetero) is 1. The lowest BCUT2D eigenvalue weighted by molar-refractivity contribution is -0.124. The van der Waals surface area contributed by atoms with Crippen LogP contribution in [-0.2, 0) is 11.2 Å². The Labute approximate surface area is 201 Å². The van der Waals surface area contributed by atoms with Crippen LogP contribution in [0.3, 0.4) is 0 Å². The average molecular weight is 470 g/mol. The third kappa shape index (κ3) is 8.24. The molecule has 0 aromatic heterocycles. The van der Waals surface area contributed by atoms with Gasteiger partial charge in [-0.1, -0.05) is 49.4 Å². The molecule has 176 valence electrons. The van der Waals surface area contributed by atoms with Crippen molar-refractivity contribution in [2.75, 3.05) is 7.05 Å². The fourth-order valence-corrected chi connectivity index (χ4v) is 3.38. The number of ketones is 1. The first-order valence-corrected chi connectivity index (χ1v) is 11.5. The van der Waals surface area contributed by atoms with E-state index < -0.39 is 12.0 Å². The molecular formula is C27H32ClNO4. The monoisotopic (exact) mass is 469 g/mol. The van der Waals surface area contributed by atoms with Crippen molar-refractivity contribution in [3.05, 3.63) is 64.2 Å². The smallest absolute Gasteiger partial charge is 0.223 e. The second-order valence-corrected chi connectivity index (χ2v) is 9.02. The molecule has 1 amide bonds. The Morgan fingerprint density at radius 3 is 2.30 bits per heavy atom. The molecule has 0 heterocycles. The van der Waals surface area contributed by atoms with Crippen LogP contribution in [0, 0.1) is 23.7 Å². The zero-order chi connectivity index (χ0) is 24.5. The van der Waals surface area contributed by atoms with Crippen molar-refractivity contribution in [3.63, 3.8) is 0 Å². The molecule has 0 saturated carbocycles. The molecule has 6 heteroatoms. The fraction of sp³-hybridized carbons (Fsp3) is 0.407. The second kappa shape index (κ2) is 12.4. The van der Waals surface area contributed by atoms with E-state index >= 15 is 0 Å². The molecule has 0 aliphatic carbocycles. The lowest BCUT2D eigenvalue weighted by atomic mass is 9.91. The van der Waals surface area contributed by atoms with Crippen LogP contribution in [0.5, 0.6) is 5.75 Å². The number of carbonyl (C=O) groups is 2. The van der Waals surface area contributed by atoms with Crippen molar-refractivity contribution in [1.82, 2.24) is 5.32 Å². The molecule has 0 fully saturated rings. The summed E-state index contributed by atoms with van der Waals surface area (Å²) in [5.41, 5.74) is 2.15. The first-order valence-electron chi connectivity index (χ1n) is 11.1. The Kier molecular flexibility index (Phi) is 9.96. The van der Waals surface area contributed by atoms with Crippen molar-refractivity contribution >= 4 is 23.3 Å². The summed E-state index contributed by atoms with van der Waals surface area (Å²) < 4.78 is 5.62. The summed E-state index contributed by atoms with van der Waals surface area (Å²) in [7, 11) is 1.56. The molecule has 2 rings (SSSR count). The van der Waals surface area contributed by atoms with Crippen LogP contribution in [0.25, 0.3) is 0 Å². The van der Waals surface area contributed by atoms with E-state index in [0.29, 0.717) is 22.8 Å². The highest BCUT2D eigenvalue weighted by Crippen LogP contribution is 2.27. The molecule has 0 saturated heterocycles. The average Bonchev–Trinajstić information content (AvgIpc) is 2.78. The molecule has 0 bridgehead atoms. The molecule has 2 N–H and O–H groups in total. The summed E-state index contributed by atoms with van der Waals surface area (Å²) in [6.45, 7) is 7.61. The summed E-state index contributed by atoms with van der Waals surface area (Å²) in [5.74, 6) is 5.50. The van der Waals surface area contributed by atoms with Crippen LogP contribution in [-0.4, -0.2) is 36.1 Å². The van der Waals surface area contributed by atoms with Crippen LogP contribution < -0.4 is 10.1 Å². The van der Waals surface area contributed by atoms with Crippen LogP contribution >= 0.6 is 11.6 Å². The molecule has 2 aromatic rings. The number of rotatable bonds is 9. The van der Waals surface area contributed by atoms with Gasteiger partial charge >= 0.3 is 0 Å². The van der Waals surface area contributed by atoms with Gasteiger partial charge in [0, 0.05) is 30.5 Å². The maximum Gasteiger partial charge on any atom is 0.223 e. The molecule has 33 heavy (non-hydrogen) atoms. The number of hydrogen-bond acceptors (Lipinski definition) is 4. The first-order chi connectivity index (χ1) is 15.6. The van der Waals surface area contributed by atoms with Crippen LogP contribution in [0.2, 0.25) is 5.02 Å². The predicted octanol–water partition coefficient (Wildman–Crippen LogP) is 4.67. The van der Waals surface area contributed by atoms with Gasteiger partial charge in [0.05, 0.1) is 11.1 Å². The van der Waals surface area contributed by atoms with Crippen molar-refractivity contribution < 1.29 is 19.4 Å². The zero-order valence-corrected chi connectivity index (χ0v) is 20.6. The lowest BCUT2D eigenvalue weighted by Crippen LogP contribution is -2.30. The molecule has 1 unspecified atom stereocenters. The molecule has 2 aromatic carbocycles. The van der Waals surface area contributed by atoms with Crippen molar-refractivity contribution in [1.29, 1.82) is 0 Å². The van der Waals surface area contributed by atoms with Gasteiger partial charge in [-0.15, -0.1) is 0 Å². The number of aliphatic hydroxyl groups excluding tert-OH is 1. The SMILES string of the molecule is CNC(=O)[C@@H](CC(=O)c1ccc(OC(C)C)c(Cl)c1)Cc1ccc(C#CC(O)C(C)C)cc1. The number of amides is 1. The van der Waals surface area contributed by atoms with Crippen molar-refractivity contribution in [2.24, 2.45) is 11.8 Å². The molecule has 0 radical (unpaired) electrons. The Hall–Kier alpha value is -2.81. The van der Waals surface area contributed by atoms with Gasteiger partial charge in [0.25, 0.3) is 0 Å². The van der Waals surface area contributed by atoms with E-state index in [-0.39, 0.29) is 30.1 Å². The van der Waals surface area contributed by atoms with Crippen molar-refractivity contribution in [2.45, 2.75) is 52.7 Å². The summed E-state index contributed by atoms with van der Waals surface area (Å²) in [5, 5.41) is 12.9. The van der Waals surface area contributed by atoms with E-state index in [1.54, 1.807) is 25.2 Å². The largest absolute Gasteiger partial charge is 0.489 e. The number of ether oxygens (including phenoxy) is 1. The van der Waals surface area contributed by atoms with E-state index in [0.717, 1.165) is 11.1 Å². The summed E-state index contributed by atoms with van der Waals surface area (Å²) in [4.78, 5) is 25.4. The highest BCUT2D eigenvalue weighted by Gasteiger charge is 2.23. The summed E-state index contributed by atoms with van der Waals surface area (Å²) >= 11 is 6.27. The highest BCUT2D eigenvalue weighted by atomic mass is 35.5. The fourth-order valence-electron chi connectivity index (χ4n) is 3.16. The molecule has 5 nitrogen and oxygen atoms in total. The highest BCUT2D eigenvalue weighted by molar-refractivity contribution is 6.32. The quantitative estimate of drug-likeness (QED) is 0.413. The lowest BCUT2D eigenvalue weighted by Gasteiger charge is -2.16. The normalized spacial score (nSPS) is 12.6. The summed E-state index contributed by atoms with van der Waals surface area (Å²) in [6.07, 6.45) is -0.231. The van der Waals surface area contributed by atoms with E-state index in [1.807, 2.05) is 52.0 Å². The molecule has 0 aliphatic rings. The number of hydrogen-bond donors (Lipinski definition) is 2. The predicted molar refractivity (Wildman–Crippen MR) is 132 cm³/mol. The number of nitrogens with one attached hydrogen (secondary N) is 1. The van der Waals surface area contributed by atoms with Gasteiger partial charge in [0.1, 0.15) is 11.9 Å². The van der Waals surface area contributed by atoms with Gasteiger partial charge in [0.15, 0.2) is 5.78 Å². The van der Waals surface area contributed by atoms with Crippen LogP contribution in [0.1, 0.15) is 55.6 Å². The Morgan fingerprint density at radius 2 is 1.76 bits per heavy atom. The number of aliphatic hydroxyl groups is 1. The van der Waals surface area contributed by atoms with E-state index in [4.69, 9.17) is 16.3 Å². The minimum Gasteiger partial charge on any atom is -0.489 e. The third-order valence-electron chi connectivity index (χ3n) is 5.10. The van der Waals surface area contributed by atoms with E-state index in [9.17, 15) is 14.7 Å². The van der Waals surface area contributed by atoms with Crippen LogP contribution in [0.4, 0.5) is 0 Å².